The van der Waals surface area contributed by atoms with Gasteiger partial charge in [0.1, 0.15) is 11.5 Å². The van der Waals surface area contributed by atoms with Gasteiger partial charge >= 0.3 is 0 Å². The molecule has 5 nitrogen and oxygen atoms in total. The third-order valence-electron chi connectivity index (χ3n) is 4.10. The molecule has 3 aromatic rings. The van der Waals surface area contributed by atoms with Crippen molar-refractivity contribution in [3.8, 4) is 22.9 Å². The summed E-state index contributed by atoms with van der Waals surface area (Å²) in [4.78, 5) is 0. The molecule has 0 fully saturated rings. The molecule has 6 heteroatoms. The minimum atomic E-state index is 0.604. The summed E-state index contributed by atoms with van der Waals surface area (Å²) in [5, 5.41) is 9.57. The van der Waals surface area contributed by atoms with E-state index in [-0.39, 0.29) is 0 Å². The van der Waals surface area contributed by atoms with E-state index < -0.39 is 0 Å². The molecular weight excluding hydrogens is 358 g/mol. The average molecular weight is 384 g/mol. The first-order valence-electron chi connectivity index (χ1n) is 9.13. The lowest BCUT2D eigenvalue weighted by molar-refractivity contribution is 0.314. The van der Waals surface area contributed by atoms with Crippen molar-refractivity contribution < 1.29 is 9.47 Å². The van der Waals surface area contributed by atoms with Gasteiger partial charge in [-0.1, -0.05) is 43.0 Å². The van der Waals surface area contributed by atoms with Gasteiger partial charge in [-0.05, 0) is 43.2 Å². The lowest BCUT2D eigenvalue weighted by Crippen LogP contribution is -2.02. The number of ether oxygens (including phenoxy) is 2. The van der Waals surface area contributed by atoms with Gasteiger partial charge in [-0.2, -0.15) is 0 Å². The van der Waals surface area contributed by atoms with Crippen LogP contribution in [0.3, 0.4) is 0 Å². The molecule has 0 atom stereocenters. The molecule has 0 saturated carbocycles. The van der Waals surface area contributed by atoms with Crippen LogP contribution in [-0.4, -0.2) is 33.7 Å². The van der Waals surface area contributed by atoms with Crippen LogP contribution < -0.4 is 9.47 Å². The Balaban J connectivity index is 1.50. The predicted octanol–water partition coefficient (Wildman–Crippen LogP) is 4.75. The zero-order chi connectivity index (χ0) is 19.1. The van der Waals surface area contributed by atoms with E-state index in [1.807, 2.05) is 48.0 Å². The second kappa shape index (κ2) is 9.46. The van der Waals surface area contributed by atoms with E-state index in [0.29, 0.717) is 6.61 Å². The monoisotopic (exact) mass is 383 g/mol. The lowest BCUT2D eigenvalue weighted by Gasteiger charge is -2.08. The van der Waals surface area contributed by atoms with E-state index >= 15 is 0 Å². The van der Waals surface area contributed by atoms with Crippen molar-refractivity contribution in [2.75, 3.05) is 19.0 Å². The molecule has 2 aromatic carbocycles. The van der Waals surface area contributed by atoms with Crippen molar-refractivity contribution in [2.45, 2.75) is 25.4 Å². The Hall–Kier alpha value is -2.47. The maximum Gasteiger partial charge on any atom is 0.191 e. The molecule has 0 unspecified atom stereocenters. The molecule has 3 rings (SSSR count). The summed E-state index contributed by atoms with van der Waals surface area (Å²) in [6.07, 6.45) is 1.00. The minimum absolute atomic E-state index is 0.604. The van der Waals surface area contributed by atoms with Crippen molar-refractivity contribution in [3.63, 3.8) is 0 Å². The van der Waals surface area contributed by atoms with E-state index in [9.17, 15) is 0 Å². The summed E-state index contributed by atoms with van der Waals surface area (Å²) in [6, 6.07) is 16.0. The van der Waals surface area contributed by atoms with Gasteiger partial charge in [0.05, 0.1) is 13.2 Å². The van der Waals surface area contributed by atoms with Gasteiger partial charge in [0.25, 0.3) is 0 Å². The van der Waals surface area contributed by atoms with E-state index in [1.165, 1.54) is 5.56 Å². The molecule has 0 spiro atoms. The lowest BCUT2D eigenvalue weighted by atomic mass is 10.1. The minimum Gasteiger partial charge on any atom is -0.494 e. The fourth-order valence-corrected chi connectivity index (χ4v) is 3.37. The van der Waals surface area contributed by atoms with Gasteiger partial charge in [0, 0.05) is 18.4 Å². The first kappa shape index (κ1) is 19.3. The van der Waals surface area contributed by atoms with Crippen LogP contribution in [0.4, 0.5) is 0 Å². The highest BCUT2D eigenvalue weighted by atomic mass is 32.2. The van der Waals surface area contributed by atoms with Crippen LogP contribution in [0.5, 0.6) is 11.5 Å². The molecule has 1 heterocycles. The number of aryl methyl sites for hydroxylation is 1. The maximum atomic E-state index is 5.80. The summed E-state index contributed by atoms with van der Waals surface area (Å²) in [6.45, 7) is 5.52. The highest BCUT2D eigenvalue weighted by Crippen LogP contribution is 2.25. The molecule has 0 bridgehead atoms. The fourth-order valence-electron chi connectivity index (χ4n) is 2.64. The van der Waals surface area contributed by atoms with E-state index in [4.69, 9.17) is 9.47 Å². The second-order valence-corrected chi connectivity index (χ2v) is 7.26. The van der Waals surface area contributed by atoms with Crippen molar-refractivity contribution in [1.82, 2.24) is 14.8 Å². The number of aromatic nitrogens is 3. The molecule has 0 radical (unpaired) electrons. The number of benzene rings is 2. The molecule has 0 aliphatic heterocycles. The van der Waals surface area contributed by atoms with Crippen LogP contribution in [0, 0.1) is 6.92 Å². The maximum absolute atomic E-state index is 5.80. The Labute approximate surface area is 164 Å². The summed E-state index contributed by atoms with van der Waals surface area (Å²) in [5.74, 6) is 3.41. The topological polar surface area (TPSA) is 49.2 Å². The summed E-state index contributed by atoms with van der Waals surface area (Å²) in [5.41, 5.74) is 2.31. The van der Waals surface area contributed by atoms with E-state index in [2.05, 4.69) is 36.2 Å². The fraction of sp³-hybridized carbons (Fsp3) is 0.333. The van der Waals surface area contributed by atoms with Crippen molar-refractivity contribution in [2.24, 2.45) is 7.05 Å². The van der Waals surface area contributed by atoms with E-state index in [1.54, 1.807) is 11.8 Å². The Morgan fingerprint density at radius 1 is 0.926 bits per heavy atom. The van der Waals surface area contributed by atoms with Crippen LogP contribution in [-0.2, 0) is 7.05 Å². The van der Waals surface area contributed by atoms with Crippen LogP contribution in [0.15, 0.2) is 53.7 Å². The molecule has 0 aliphatic rings. The molecule has 0 amide bonds. The molecule has 0 N–H and O–H groups in total. The number of hydrogen-bond donors (Lipinski definition) is 0. The smallest absolute Gasteiger partial charge is 0.191 e. The Kier molecular flexibility index (Phi) is 6.76. The summed E-state index contributed by atoms with van der Waals surface area (Å²) in [7, 11) is 2.00. The van der Waals surface area contributed by atoms with Crippen LogP contribution >= 0.6 is 11.8 Å². The Bertz CT molecular complexity index is 862. The number of rotatable bonds is 9. The SMILES string of the molecule is CCCOc1ccc(OCCSc2nnc(-c3ccccc3C)n2C)cc1. The second-order valence-electron chi connectivity index (χ2n) is 6.20. The van der Waals surface area contributed by atoms with Crippen molar-refractivity contribution >= 4 is 11.8 Å². The third kappa shape index (κ3) is 5.04. The number of thioether (sulfide) groups is 1. The van der Waals surface area contributed by atoms with Crippen molar-refractivity contribution in [3.05, 3.63) is 54.1 Å². The van der Waals surface area contributed by atoms with Crippen LogP contribution in [0.25, 0.3) is 11.4 Å². The average Bonchev–Trinajstić information content (AvgIpc) is 3.05. The van der Waals surface area contributed by atoms with Gasteiger partial charge in [-0.3, -0.25) is 0 Å². The highest BCUT2D eigenvalue weighted by Gasteiger charge is 2.12. The number of hydrogen-bond acceptors (Lipinski definition) is 5. The third-order valence-corrected chi connectivity index (χ3v) is 5.09. The number of nitrogens with zero attached hydrogens (tertiary/aromatic N) is 3. The Morgan fingerprint density at radius 2 is 1.59 bits per heavy atom. The zero-order valence-electron chi connectivity index (χ0n) is 16.0. The van der Waals surface area contributed by atoms with Crippen LogP contribution in [0.2, 0.25) is 0 Å². The quantitative estimate of drug-likeness (QED) is 0.394. The van der Waals surface area contributed by atoms with Gasteiger partial charge in [-0.15, -0.1) is 10.2 Å². The van der Waals surface area contributed by atoms with Gasteiger partial charge in [0.15, 0.2) is 11.0 Å². The highest BCUT2D eigenvalue weighted by molar-refractivity contribution is 7.99. The van der Waals surface area contributed by atoms with Gasteiger partial charge in [-0.25, -0.2) is 0 Å². The van der Waals surface area contributed by atoms with E-state index in [0.717, 1.165) is 46.8 Å². The molecular formula is C21H25N3O2S. The largest absolute Gasteiger partial charge is 0.494 e. The first-order valence-corrected chi connectivity index (χ1v) is 10.1. The summed E-state index contributed by atoms with van der Waals surface area (Å²) >= 11 is 1.64. The molecule has 0 saturated heterocycles. The normalized spacial score (nSPS) is 10.8. The van der Waals surface area contributed by atoms with Crippen molar-refractivity contribution in [1.29, 1.82) is 0 Å². The first-order chi connectivity index (χ1) is 13.2. The van der Waals surface area contributed by atoms with Gasteiger partial charge < -0.3 is 14.0 Å². The molecule has 27 heavy (non-hydrogen) atoms. The summed E-state index contributed by atoms with van der Waals surface area (Å²) < 4.78 is 13.4. The molecule has 1 aromatic heterocycles. The standard InChI is InChI=1S/C21H25N3O2S/c1-4-13-25-17-9-11-18(12-10-17)26-14-15-27-21-23-22-20(24(21)3)19-8-6-5-7-16(19)2/h5-12H,4,13-15H2,1-3H3. The van der Waals surface area contributed by atoms with Crippen LogP contribution in [0.1, 0.15) is 18.9 Å². The Morgan fingerprint density at radius 3 is 2.26 bits per heavy atom. The zero-order valence-corrected chi connectivity index (χ0v) is 16.8. The molecule has 0 aliphatic carbocycles. The van der Waals surface area contributed by atoms with Gasteiger partial charge in [0.2, 0.25) is 0 Å². The molecule has 142 valence electrons. The predicted molar refractivity (Wildman–Crippen MR) is 110 cm³/mol.